The van der Waals surface area contributed by atoms with Crippen LogP contribution in [0.4, 0.5) is 8.78 Å². The van der Waals surface area contributed by atoms with Crippen molar-refractivity contribution in [2.75, 3.05) is 0 Å². The molecule has 8 heteroatoms. The van der Waals surface area contributed by atoms with Crippen molar-refractivity contribution >= 4 is 11.8 Å². The Morgan fingerprint density at radius 3 is 2.37 bits per heavy atom. The Balaban J connectivity index is 1.80. The van der Waals surface area contributed by atoms with Gasteiger partial charge in [0.15, 0.2) is 6.10 Å². The molecular weight excluding hydrogens is 394 g/mol. The van der Waals surface area contributed by atoms with E-state index in [4.69, 9.17) is 4.74 Å². The van der Waals surface area contributed by atoms with Gasteiger partial charge in [0, 0.05) is 28.8 Å². The number of pyridine rings is 1. The van der Waals surface area contributed by atoms with Crippen LogP contribution in [0.5, 0.6) is 5.75 Å². The first kappa shape index (κ1) is 21.2. The summed E-state index contributed by atoms with van der Waals surface area (Å²) in [6.07, 6.45) is 0.462. The topological polar surface area (TPSA) is 70.4 Å². The molecule has 30 heavy (non-hydrogen) atoms. The maximum atomic E-state index is 12.9. The molecule has 0 radical (unpaired) electrons. The number of halogens is 2. The summed E-state index contributed by atoms with van der Waals surface area (Å²) in [6, 6.07) is 12.6. The fourth-order valence-electron chi connectivity index (χ4n) is 3.16. The van der Waals surface area contributed by atoms with Crippen LogP contribution in [-0.4, -0.2) is 34.0 Å². The predicted molar refractivity (Wildman–Crippen MR) is 105 cm³/mol. The number of ketones is 1. The first-order chi connectivity index (χ1) is 14.3. The summed E-state index contributed by atoms with van der Waals surface area (Å²) in [5, 5.41) is 0. The number of rotatable bonds is 7. The zero-order valence-electron chi connectivity index (χ0n) is 16.6. The Bertz CT molecular complexity index is 1050. The summed E-state index contributed by atoms with van der Waals surface area (Å²) in [6.45, 7) is 2.19. The van der Waals surface area contributed by atoms with Crippen molar-refractivity contribution in [3.8, 4) is 11.4 Å². The number of hydrogen-bond donors (Lipinski definition) is 0. The van der Waals surface area contributed by atoms with Crippen molar-refractivity contribution in [2.24, 2.45) is 0 Å². The van der Waals surface area contributed by atoms with E-state index in [1.807, 2.05) is 11.5 Å². The molecule has 0 aliphatic heterocycles. The number of carbonyl (C=O) groups is 2. The number of aryl methyl sites for hydroxylation is 1. The van der Waals surface area contributed by atoms with Crippen molar-refractivity contribution in [2.45, 2.75) is 33.5 Å². The highest BCUT2D eigenvalue weighted by molar-refractivity contribution is 6.02. The number of Topliss-reactive ketones (excluding diaryl/α,β-unsaturated/α-hetero) is 1. The van der Waals surface area contributed by atoms with Crippen LogP contribution in [0.25, 0.3) is 5.69 Å². The van der Waals surface area contributed by atoms with Gasteiger partial charge >= 0.3 is 12.6 Å². The lowest BCUT2D eigenvalue weighted by Gasteiger charge is -2.13. The molecule has 0 aliphatic carbocycles. The van der Waals surface area contributed by atoms with Gasteiger partial charge in [-0.25, -0.2) is 9.78 Å². The maximum absolute atomic E-state index is 12.9. The standard InChI is InChI=1S/C22H20F2N2O4/c1-13-12-18(20(27)15(3)29-21(28)19-6-4-5-11-25-19)14(2)26(13)16-7-9-17(10-8-16)30-22(23)24/h4-12,15,22H,1-3H3. The van der Waals surface area contributed by atoms with Gasteiger partial charge < -0.3 is 14.0 Å². The number of benzene rings is 1. The molecule has 0 spiro atoms. The molecule has 6 nitrogen and oxygen atoms in total. The zero-order chi connectivity index (χ0) is 21.8. The fourth-order valence-corrected chi connectivity index (χ4v) is 3.16. The first-order valence-electron chi connectivity index (χ1n) is 9.18. The number of esters is 1. The Morgan fingerprint density at radius 1 is 1.07 bits per heavy atom. The summed E-state index contributed by atoms with van der Waals surface area (Å²) < 4.78 is 36.1. The van der Waals surface area contributed by atoms with Crippen molar-refractivity contribution < 1.29 is 27.8 Å². The minimum absolute atomic E-state index is 0.0440. The van der Waals surface area contributed by atoms with Gasteiger partial charge in [-0.3, -0.25) is 4.79 Å². The Labute approximate surface area is 172 Å². The van der Waals surface area contributed by atoms with Crippen molar-refractivity contribution in [3.05, 3.63) is 77.4 Å². The lowest BCUT2D eigenvalue weighted by Crippen LogP contribution is -2.25. The molecule has 0 fully saturated rings. The molecule has 3 aromatic rings. The SMILES string of the molecule is Cc1cc(C(=O)C(C)OC(=O)c2ccccn2)c(C)n1-c1ccc(OC(F)F)cc1. The second kappa shape index (κ2) is 8.86. The molecule has 0 saturated heterocycles. The van der Waals surface area contributed by atoms with Gasteiger partial charge in [0.1, 0.15) is 11.4 Å². The van der Waals surface area contributed by atoms with E-state index in [9.17, 15) is 18.4 Å². The average molecular weight is 414 g/mol. The second-order valence-electron chi connectivity index (χ2n) is 6.62. The molecule has 0 amide bonds. The normalized spacial score (nSPS) is 11.9. The van der Waals surface area contributed by atoms with Crippen molar-refractivity contribution in [1.82, 2.24) is 9.55 Å². The van der Waals surface area contributed by atoms with Crippen LogP contribution in [-0.2, 0) is 4.74 Å². The van der Waals surface area contributed by atoms with Crippen LogP contribution < -0.4 is 4.74 Å². The third-order valence-corrected chi connectivity index (χ3v) is 4.54. The second-order valence-corrected chi connectivity index (χ2v) is 6.62. The van der Waals surface area contributed by atoms with E-state index in [1.165, 1.54) is 31.3 Å². The number of aromatic nitrogens is 2. The maximum Gasteiger partial charge on any atom is 0.387 e. The number of alkyl halides is 2. The minimum Gasteiger partial charge on any atom is -0.450 e. The fraction of sp³-hybridized carbons (Fsp3) is 0.227. The lowest BCUT2D eigenvalue weighted by molar-refractivity contribution is -0.0498. The van der Waals surface area contributed by atoms with Crippen LogP contribution in [0.2, 0.25) is 0 Å². The van der Waals surface area contributed by atoms with E-state index in [0.717, 1.165) is 5.69 Å². The predicted octanol–water partition coefficient (Wildman–Crippen LogP) is 4.52. The van der Waals surface area contributed by atoms with E-state index < -0.39 is 18.7 Å². The lowest BCUT2D eigenvalue weighted by atomic mass is 10.1. The van der Waals surface area contributed by atoms with Gasteiger partial charge in [-0.05, 0) is 63.2 Å². The van der Waals surface area contributed by atoms with E-state index >= 15 is 0 Å². The van der Waals surface area contributed by atoms with Crippen LogP contribution in [0, 0.1) is 13.8 Å². The third-order valence-electron chi connectivity index (χ3n) is 4.54. The molecule has 1 unspecified atom stereocenters. The summed E-state index contributed by atoms with van der Waals surface area (Å²) in [4.78, 5) is 29.0. The first-order valence-corrected chi connectivity index (χ1v) is 9.18. The molecule has 2 aromatic heterocycles. The van der Waals surface area contributed by atoms with Crippen LogP contribution >= 0.6 is 0 Å². The largest absolute Gasteiger partial charge is 0.450 e. The van der Waals surface area contributed by atoms with Gasteiger partial charge in [-0.2, -0.15) is 8.78 Å². The molecule has 1 aromatic carbocycles. The van der Waals surface area contributed by atoms with Gasteiger partial charge in [-0.15, -0.1) is 0 Å². The number of nitrogens with zero attached hydrogens (tertiary/aromatic N) is 2. The highest BCUT2D eigenvalue weighted by Gasteiger charge is 2.25. The van der Waals surface area contributed by atoms with Gasteiger partial charge in [0.05, 0.1) is 0 Å². The quantitative estimate of drug-likeness (QED) is 0.420. The van der Waals surface area contributed by atoms with Gasteiger partial charge in [-0.1, -0.05) is 6.07 Å². The molecule has 156 valence electrons. The highest BCUT2D eigenvalue weighted by atomic mass is 19.3. The summed E-state index contributed by atoms with van der Waals surface area (Å²) in [5.74, 6) is -0.987. The third kappa shape index (κ3) is 4.53. The molecule has 3 rings (SSSR count). The monoisotopic (exact) mass is 414 g/mol. The molecule has 2 heterocycles. The summed E-state index contributed by atoms with van der Waals surface area (Å²) >= 11 is 0. The molecule has 0 aliphatic rings. The smallest absolute Gasteiger partial charge is 0.387 e. The van der Waals surface area contributed by atoms with Crippen LogP contribution in [0.15, 0.2) is 54.7 Å². The van der Waals surface area contributed by atoms with Crippen molar-refractivity contribution in [1.29, 1.82) is 0 Å². The van der Waals surface area contributed by atoms with E-state index in [0.29, 0.717) is 16.9 Å². The van der Waals surface area contributed by atoms with Crippen LogP contribution in [0.1, 0.15) is 39.2 Å². The Morgan fingerprint density at radius 2 is 1.77 bits per heavy atom. The molecule has 0 saturated carbocycles. The summed E-state index contributed by atoms with van der Waals surface area (Å²) in [7, 11) is 0. The number of carbonyl (C=O) groups excluding carboxylic acids is 2. The number of ether oxygens (including phenoxy) is 2. The molecule has 0 bridgehead atoms. The average Bonchev–Trinajstić information content (AvgIpc) is 3.02. The Kier molecular flexibility index (Phi) is 6.25. The van der Waals surface area contributed by atoms with Gasteiger partial charge in [0.2, 0.25) is 5.78 Å². The van der Waals surface area contributed by atoms with Crippen molar-refractivity contribution in [3.63, 3.8) is 0 Å². The van der Waals surface area contributed by atoms with Gasteiger partial charge in [0.25, 0.3) is 0 Å². The van der Waals surface area contributed by atoms with Crippen LogP contribution in [0.3, 0.4) is 0 Å². The molecule has 1 atom stereocenters. The van der Waals surface area contributed by atoms with E-state index in [-0.39, 0.29) is 17.2 Å². The minimum atomic E-state index is -2.90. The molecule has 0 N–H and O–H groups in total. The highest BCUT2D eigenvalue weighted by Crippen LogP contribution is 2.25. The van der Waals surface area contributed by atoms with E-state index in [2.05, 4.69) is 9.72 Å². The zero-order valence-corrected chi connectivity index (χ0v) is 16.6. The number of hydrogen-bond acceptors (Lipinski definition) is 5. The molecular formula is C22H20F2N2O4. The van der Waals surface area contributed by atoms with E-state index in [1.54, 1.807) is 37.3 Å². The summed E-state index contributed by atoms with van der Waals surface area (Å²) in [5.41, 5.74) is 2.61. The Hall–Kier alpha value is -3.55.